The van der Waals surface area contributed by atoms with E-state index in [-0.39, 0.29) is 5.56 Å². The number of aromatic carboxylic acids is 1. The Morgan fingerprint density at radius 1 is 0.966 bits per heavy atom. The second kappa shape index (κ2) is 9.91. The van der Waals surface area contributed by atoms with Crippen molar-refractivity contribution in [3.8, 4) is 17.2 Å². The first-order valence-corrected chi connectivity index (χ1v) is 10.0. The molecular weight excluding hydrogens is 370 g/mol. The molecule has 0 saturated carbocycles. The first-order chi connectivity index (χ1) is 14.1. The van der Waals surface area contributed by atoms with Gasteiger partial charge in [0.25, 0.3) is 0 Å². The van der Waals surface area contributed by atoms with Crippen molar-refractivity contribution < 1.29 is 19.4 Å². The fourth-order valence-corrected chi connectivity index (χ4v) is 3.13. The number of carboxylic acid groups (broad SMARTS) is 1. The van der Waals surface area contributed by atoms with Crippen molar-refractivity contribution in [2.24, 2.45) is 0 Å². The quantitative estimate of drug-likeness (QED) is 0.465. The predicted molar refractivity (Wildman–Crippen MR) is 111 cm³/mol. The lowest BCUT2D eigenvalue weighted by Crippen LogP contribution is -2.02. The zero-order valence-corrected chi connectivity index (χ0v) is 16.9. The molecule has 0 aliphatic carbocycles. The van der Waals surface area contributed by atoms with E-state index in [2.05, 4.69) is 17.1 Å². The van der Waals surface area contributed by atoms with Crippen LogP contribution in [0.2, 0.25) is 0 Å². The molecular formula is C22H27N3O4. The van der Waals surface area contributed by atoms with Crippen molar-refractivity contribution >= 4 is 17.0 Å². The number of carbonyl (C=O) groups is 1. The molecule has 0 atom stereocenters. The number of hydrogen-bond donors (Lipinski definition) is 1. The van der Waals surface area contributed by atoms with Crippen molar-refractivity contribution in [2.45, 2.75) is 45.4 Å². The van der Waals surface area contributed by atoms with Crippen LogP contribution in [0.4, 0.5) is 0 Å². The molecule has 3 rings (SSSR count). The number of nitrogens with zero attached hydrogens (tertiary/aromatic N) is 3. The lowest BCUT2D eigenvalue weighted by molar-refractivity contribution is 0.0697. The van der Waals surface area contributed by atoms with Crippen molar-refractivity contribution in [3.05, 3.63) is 42.0 Å². The molecule has 1 N–H and O–H groups in total. The number of methoxy groups -OCH3 is 1. The predicted octanol–water partition coefficient (Wildman–Crippen LogP) is 4.87. The van der Waals surface area contributed by atoms with Crippen LogP contribution in [-0.2, 0) is 0 Å². The molecule has 3 aromatic rings. The Kier molecular flexibility index (Phi) is 7.05. The third-order valence-electron chi connectivity index (χ3n) is 4.76. The van der Waals surface area contributed by atoms with Gasteiger partial charge in [0.15, 0.2) is 11.5 Å². The van der Waals surface area contributed by atoms with Gasteiger partial charge < -0.3 is 14.6 Å². The minimum Gasteiger partial charge on any atom is -0.493 e. The van der Waals surface area contributed by atoms with E-state index in [1.807, 2.05) is 18.2 Å². The molecule has 154 valence electrons. The monoisotopic (exact) mass is 397 g/mol. The van der Waals surface area contributed by atoms with Crippen LogP contribution in [0, 0.1) is 0 Å². The number of carboxylic acids is 1. The van der Waals surface area contributed by atoms with E-state index in [4.69, 9.17) is 14.6 Å². The Bertz CT molecular complexity index is 968. The van der Waals surface area contributed by atoms with Crippen LogP contribution in [0.1, 0.15) is 55.8 Å². The molecule has 1 aromatic heterocycles. The third kappa shape index (κ3) is 5.25. The average molecular weight is 397 g/mol. The van der Waals surface area contributed by atoms with Gasteiger partial charge in [0, 0.05) is 6.07 Å². The maximum atomic E-state index is 11.1. The number of hydrogen-bond acceptors (Lipinski definition) is 5. The average Bonchev–Trinajstić information content (AvgIpc) is 3.16. The van der Waals surface area contributed by atoms with Crippen LogP contribution in [0.15, 0.2) is 36.4 Å². The summed E-state index contributed by atoms with van der Waals surface area (Å²) in [5, 5.41) is 17.9. The lowest BCUT2D eigenvalue weighted by atomic mass is 10.1. The van der Waals surface area contributed by atoms with E-state index in [1.54, 1.807) is 13.2 Å². The number of rotatable bonds is 11. The van der Waals surface area contributed by atoms with Crippen LogP contribution >= 0.6 is 0 Å². The highest BCUT2D eigenvalue weighted by Crippen LogP contribution is 2.29. The minimum absolute atomic E-state index is 0.181. The summed E-state index contributed by atoms with van der Waals surface area (Å²) in [6.07, 6.45) is 7.27. The smallest absolute Gasteiger partial charge is 0.335 e. The molecule has 29 heavy (non-hydrogen) atoms. The summed E-state index contributed by atoms with van der Waals surface area (Å²) in [6.45, 7) is 2.87. The zero-order valence-electron chi connectivity index (χ0n) is 16.9. The summed E-state index contributed by atoms with van der Waals surface area (Å²) in [5.41, 5.74) is 2.03. The highest BCUT2D eigenvalue weighted by Gasteiger charge is 2.12. The molecule has 7 heteroatoms. The molecule has 0 saturated heterocycles. The molecule has 0 aliphatic heterocycles. The Morgan fingerprint density at radius 2 is 1.72 bits per heavy atom. The number of unbranched alkanes of at least 4 members (excludes halogenated alkanes) is 5. The van der Waals surface area contributed by atoms with Crippen LogP contribution in [0.25, 0.3) is 16.7 Å². The highest BCUT2D eigenvalue weighted by molar-refractivity contribution is 5.92. The molecule has 0 bridgehead atoms. The zero-order chi connectivity index (χ0) is 20.6. The van der Waals surface area contributed by atoms with Crippen molar-refractivity contribution in [3.63, 3.8) is 0 Å². The van der Waals surface area contributed by atoms with E-state index in [9.17, 15) is 4.79 Å². The molecule has 0 fully saturated rings. The second-order valence-electron chi connectivity index (χ2n) is 6.95. The van der Waals surface area contributed by atoms with Gasteiger partial charge in [0.05, 0.1) is 25.0 Å². The SMILES string of the molecule is CCCCCCCCOc1ccc(-n2nc3ccc(C(=O)O)cc3n2)cc1OC. The third-order valence-corrected chi connectivity index (χ3v) is 4.76. The normalized spacial score (nSPS) is 11.0. The van der Waals surface area contributed by atoms with Crippen molar-refractivity contribution in [1.82, 2.24) is 15.0 Å². The number of benzene rings is 2. The molecule has 0 amide bonds. The van der Waals surface area contributed by atoms with Gasteiger partial charge in [-0.1, -0.05) is 39.0 Å². The van der Waals surface area contributed by atoms with Gasteiger partial charge in [-0.2, -0.15) is 4.80 Å². The van der Waals surface area contributed by atoms with Crippen LogP contribution in [0.5, 0.6) is 11.5 Å². The van der Waals surface area contributed by atoms with E-state index in [0.29, 0.717) is 34.8 Å². The fourth-order valence-electron chi connectivity index (χ4n) is 3.13. The first kappa shape index (κ1) is 20.6. The second-order valence-corrected chi connectivity index (χ2v) is 6.95. The summed E-state index contributed by atoms with van der Waals surface area (Å²) in [6, 6.07) is 10.2. The number of ether oxygens (including phenoxy) is 2. The van der Waals surface area contributed by atoms with Gasteiger partial charge in [-0.05, 0) is 36.8 Å². The Labute approximate surface area is 170 Å². The first-order valence-electron chi connectivity index (χ1n) is 10.0. The minimum atomic E-state index is -0.991. The maximum Gasteiger partial charge on any atom is 0.335 e. The number of aromatic nitrogens is 3. The molecule has 2 aromatic carbocycles. The fraction of sp³-hybridized carbons (Fsp3) is 0.409. The lowest BCUT2D eigenvalue weighted by Gasteiger charge is -2.12. The van der Waals surface area contributed by atoms with Crippen molar-refractivity contribution in [2.75, 3.05) is 13.7 Å². The van der Waals surface area contributed by atoms with Gasteiger partial charge in [-0.3, -0.25) is 0 Å². The summed E-state index contributed by atoms with van der Waals surface area (Å²) < 4.78 is 11.4. The van der Waals surface area contributed by atoms with Crippen LogP contribution in [0.3, 0.4) is 0 Å². The van der Waals surface area contributed by atoms with Gasteiger partial charge in [-0.25, -0.2) is 4.79 Å². The Balaban J connectivity index is 1.68. The van der Waals surface area contributed by atoms with Gasteiger partial charge in [-0.15, -0.1) is 10.2 Å². The van der Waals surface area contributed by atoms with E-state index in [1.165, 1.54) is 49.0 Å². The summed E-state index contributed by atoms with van der Waals surface area (Å²) >= 11 is 0. The maximum absolute atomic E-state index is 11.1. The summed E-state index contributed by atoms with van der Waals surface area (Å²) in [4.78, 5) is 12.6. The van der Waals surface area contributed by atoms with Gasteiger partial charge in [0.1, 0.15) is 11.0 Å². The largest absolute Gasteiger partial charge is 0.493 e. The summed E-state index contributed by atoms with van der Waals surface area (Å²) in [5.74, 6) is 0.311. The molecule has 0 aliphatic rings. The summed E-state index contributed by atoms with van der Waals surface area (Å²) in [7, 11) is 1.60. The van der Waals surface area contributed by atoms with Crippen LogP contribution < -0.4 is 9.47 Å². The Morgan fingerprint density at radius 3 is 2.48 bits per heavy atom. The standard InChI is InChI=1S/C22H27N3O4/c1-3-4-5-6-7-8-13-29-20-12-10-17(15-21(20)28-2)25-23-18-11-9-16(22(26)27)14-19(18)24-25/h9-12,14-15H,3-8,13H2,1-2H3,(H,26,27). The highest BCUT2D eigenvalue weighted by atomic mass is 16.5. The molecule has 0 spiro atoms. The van der Waals surface area contributed by atoms with Crippen LogP contribution in [-0.4, -0.2) is 39.8 Å². The molecule has 1 heterocycles. The van der Waals surface area contributed by atoms with Gasteiger partial charge >= 0.3 is 5.97 Å². The Hall–Kier alpha value is -3.09. The van der Waals surface area contributed by atoms with E-state index >= 15 is 0 Å². The van der Waals surface area contributed by atoms with Gasteiger partial charge in [0.2, 0.25) is 0 Å². The molecule has 0 unspecified atom stereocenters. The van der Waals surface area contributed by atoms with E-state index in [0.717, 1.165) is 6.42 Å². The molecule has 0 radical (unpaired) electrons. The van der Waals surface area contributed by atoms with Crippen molar-refractivity contribution in [1.29, 1.82) is 0 Å². The van der Waals surface area contributed by atoms with E-state index < -0.39 is 5.97 Å². The topological polar surface area (TPSA) is 86.5 Å². The molecule has 7 nitrogen and oxygen atoms in total. The number of fused-ring (bicyclic) bond motifs is 1.